The van der Waals surface area contributed by atoms with Gasteiger partial charge in [-0.3, -0.25) is 4.98 Å². The number of aryl methyl sites for hydroxylation is 1. The van der Waals surface area contributed by atoms with Crippen LogP contribution in [0.25, 0.3) is 66.2 Å². The van der Waals surface area contributed by atoms with Crippen LogP contribution in [-0.2, 0) is 26.5 Å². The average molecular weight is 816 g/mol. The first-order valence-electron chi connectivity index (χ1n) is 16.3. The smallest absolute Gasteiger partial charge is 0.503 e. The summed E-state index contributed by atoms with van der Waals surface area (Å²) in [6, 6.07) is 47.1. The number of hydrogen-bond donors (Lipinski definition) is 0. The molecule has 0 N–H and O–H groups in total. The third-order valence-corrected chi connectivity index (χ3v) is 9.29. The molecular formula is C43H32N4OPt. The average Bonchev–Trinajstić information content (AvgIpc) is 3.63. The molecule has 0 atom stereocenters. The van der Waals surface area contributed by atoms with Crippen molar-refractivity contribution >= 4 is 49.1 Å². The predicted octanol–water partition coefficient (Wildman–Crippen LogP) is 10.8. The number of aromatic nitrogens is 4. The molecule has 5 nitrogen and oxygen atoms in total. The largest absolute Gasteiger partial charge is 2.00 e. The van der Waals surface area contributed by atoms with Gasteiger partial charge in [0.2, 0.25) is 0 Å². The van der Waals surface area contributed by atoms with Crippen molar-refractivity contribution in [1.29, 1.82) is 0 Å². The normalized spacial score (nSPS) is 11.9. The van der Waals surface area contributed by atoms with Crippen LogP contribution < -0.4 is 4.74 Å². The van der Waals surface area contributed by atoms with E-state index < -0.39 is 0 Å². The molecule has 4 heterocycles. The Morgan fingerprint density at radius 3 is 2.08 bits per heavy atom. The molecule has 0 unspecified atom stereocenters. The van der Waals surface area contributed by atoms with Crippen LogP contribution in [0.1, 0.15) is 32.0 Å². The second kappa shape index (κ2) is 11.7. The number of nitrogens with zero attached hydrogens (tertiary/aromatic N) is 4. The maximum Gasteiger partial charge on any atom is 2.00 e. The molecule has 49 heavy (non-hydrogen) atoms. The van der Waals surface area contributed by atoms with E-state index in [0.29, 0.717) is 11.5 Å². The summed E-state index contributed by atoms with van der Waals surface area (Å²) >= 11 is 0. The second-order valence-electron chi connectivity index (χ2n) is 13.4. The molecule has 0 radical (unpaired) electrons. The minimum absolute atomic E-state index is 0. The molecule has 9 rings (SSSR count). The van der Waals surface area contributed by atoms with E-state index in [1.165, 1.54) is 5.56 Å². The van der Waals surface area contributed by atoms with E-state index in [1.54, 1.807) is 0 Å². The van der Waals surface area contributed by atoms with Crippen LogP contribution in [0.5, 0.6) is 11.5 Å². The molecule has 0 saturated carbocycles. The molecule has 0 aliphatic heterocycles. The molecule has 0 spiro atoms. The van der Waals surface area contributed by atoms with Gasteiger partial charge in [0.25, 0.3) is 0 Å². The molecule has 0 aliphatic rings. The van der Waals surface area contributed by atoms with Crippen LogP contribution in [0.2, 0.25) is 0 Å². The fraction of sp³-hybridized carbons (Fsp3) is 0.116. The van der Waals surface area contributed by atoms with Gasteiger partial charge in [0.05, 0.1) is 17.0 Å². The first-order chi connectivity index (χ1) is 23.3. The summed E-state index contributed by atoms with van der Waals surface area (Å²) < 4.78 is 11.0. The van der Waals surface area contributed by atoms with Crippen molar-refractivity contribution in [3.63, 3.8) is 0 Å². The Kier molecular flexibility index (Phi) is 7.42. The number of imidazole rings is 1. The molecule has 0 aliphatic carbocycles. The summed E-state index contributed by atoms with van der Waals surface area (Å²) in [5.41, 5.74) is 8.35. The van der Waals surface area contributed by atoms with Gasteiger partial charge in [-0.2, -0.15) is 6.07 Å². The van der Waals surface area contributed by atoms with Crippen LogP contribution in [0.15, 0.2) is 121 Å². The van der Waals surface area contributed by atoms with Crippen LogP contribution in [0.3, 0.4) is 0 Å². The number of benzene rings is 5. The molecule has 0 amide bonds. The SMILES string of the molecule is Cc1nc2c3[c-]c(Oc4[c-]c5c(cc4)c4ccccc4n5-c4cc(C(C)(C)C)ccn4)ccc3c3ccccc3n2c1-c1ccccc1.[Pt+2]. The molecule has 4 aromatic heterocycles. The third-order valence-electron chi connectivity index (χ3n) is 9.29. The summed E-state index contributed by atoms with van der Waals surface area (Å²) in [4.78, 5) is 9.92. The van der Waals surface area contributed by atoms with Gasteiger partial charge in [-0.05, 0) is 58.5 Å². The number of rotatable bonds is 4. The van der Waals surface area contributed by atoms with E-state index in [2.05, 4.69) is 146 Å². The van der Waals surface area contributed by atoms with Gasteiger partial charge in [0.15, 0.2) is 0 Å². The Balaban J connectivity index is 0.00000348. The van der Waals surface area contributed by atoms with Crippen molar-refractivity contribution in [3.05, 3.63) is 145 Å². The van der Waals surface area contributed by atoms with E-state index in [9.17, 15) is 0 Å². The zero-order valence-corrected chi connectivity index (χ0v) is 29.8. The number of fused-ring (bicyclic) bond motifs is 9. The minimum Gasteiger partial charge on any atom is -0.503 e. The number of pyridine rings is 2. The Hall–Kier alpha value is -5.25. The first-order valence-corrected chi connectivity index (χ1v) is 16.3. The molecule has 240 valence electrons. The Morgan fingerprint density at radius 1 is 0.673 bits per heavy atom. The van der Waals surface area contributed by atoms with Gasteiger partial charge in [0, 0.05) is 28.7 Å². The molecular weight excluding hydrogens is 784 g/mol. The molecule has 6 heteroatoms. The Morgan fingerprint density at radius 2 is 1.33 bits per heavy atom. The summed E-state index contributed by atoms with van der Waals surface area (Å²) in [6.45, 7) is 8.74. The zero-order valence-electron chi connectivity index (χ0n) is 27.6. The van der Waals surface area contributed by atoms with E-state index >= 15 is 0 Å². The van der Waals surface area contributed by atoms with Gasteiger partial charge < -0.3 is 13.7 Å². The first kappa shape index (κ1) is 31.0. The fourth-order valence-electron chi connectivity index (χ4n) is 6.99. The number of hydrogen-bond acceptors (Lipinski definition) is 3. The fourth-order valence-corrected chi connectivity index (χ4v) is 6.99. The molecule has 9 aromatic rings. The van der Waals surface area contributed by atoms with Crippen molar-refractivity contribution in [2.24, 2.45) is 0 Å². The van der Waals surface area contributed by atoms with Crippen molar-refractivity contribution in [2.45, 2.75) is 33.1 Å². The van der Waals surface area contributed by atoms with Crippen molar-refractivity contribution in [2.75, 3.05) is 0 Å². The zero-order chi connectivity index (χ0) is 32.6. The monoisotopic (exact) mass is 815 g/mol. The summed E-state index contributed by atoms with van der Waals surface area (Å²) in [5, 5.41) is 5.38. The maximum atomic E-state index is 6.56. The van der Waals surface area contributed by atoms with E-state index in [1.807, 2.05) is 24.4 Å². The Labute approximate surface area is 299 Å². The van der Waals surface area contributed by atoms with Crippen LogP contribution in [0, 0.1) is 19.1 Å². The van der Waals surface area contributed by atoms with Crippen molar-refractivity contribution in [1.82, 2.24) is 18.9 Å². The van der Waals surface area contributed by atoms with E-state index in [0.717, 1.165) is 71.9 Å². The molecule has 0 fully saturated rings. The van der Waals surface area contributed by atoms with Gasteiger partial charge in [-0.25, -0.2) is 4.98 Å². The summed E-state index contributed by atoms with van der Waals surface area (Å²) in [5.74, 6) is 2.07. The quantitative estimate of drug-likeness (QED) is 0.131. The van der Waals surface area contributed by atoms with Crippen LogP contribution >= 0.6 is 0 Å². The maximum absolute atomic E-state index is 6.56. The van der Waals surface area contributed by atoms with Crippen LogP contribution in [-0.4, -0.2) is 18.9 Å². The molecule has 0 saturated heterocycles. The number of ether oxygens (including phenoxy) is 1. The predicted molar refractivity (Wildman–Crippen MR) is 195 cm³/mol. The van der Waals surface area contributed by atoms with Gasteiger partial charge in [0.1, 0.15) is 5.82 Å². The Bertz CT molecular complexity index is 2700. The third kappa shape index (κ3) is 5.03. The second-order valence-corrected chi connectivity index (χ2v) is 13.4. The van der Waals surface area contributed by atoms with E-state index in [4.69, 9.17) is 14.7 Å². The summed E-state index contributed by atoms with van der Waals surface area (Å²) in [6.07, 6.45) is 1.89. The number of para-hydroxylation sites is 2. The minimum atomic E-state index is -0.00759. The van der Waals surface area contributed by atoms with Crippen molar-refractivity contribution in [3.8, 4) is 28.6 Å². The van der Waals surface area contributed by atoms with Crippen LogP contribution in [0.4, 0.5) is 0 Å². The van der Waals surface area contributed by atoms with Gasteiger partial charge in [-0.15, -0.1) is 29.7 Å². The molecule has 0 bridgehead atoms. The summed E-state index contributed by atoms with van der Waals surface area (Å²) in [7, 11) is 0. The van der Waals surface area contributed by atoms with Crippen molar-refractivity contribution < 1.29 is 25.8 Å². The van der Waals surface area contributed by atoms with Gasteiger partial charge >= 0.3 is 21.1 Å². The molecule has 5 aromatic carbocycles. The van der Waals surface area contributed by atoms with Gasteiger partial charge in [-0.1, -0.05) is 110 Å². The van der Waals surface area contributed by atoms with E-state index in [-0.39, 0.29) is 26.5 Å². The topological polar surface area (TPSA) is 44.3 Å². The standard InChI is InChI=1S/C43H32N4O.Pt/c1-27-41(28-12-6-5-7-13-28)47-38-17-11-8-14-33(38)32-20-18-30(25-36(32)42(47)45-27)48-31-19-21-35-34-15-9-10-16-37(34)46(39(35)26-31)40-24-29(22-23-44-40)43(2,3)4;/h5-24H,1-4H3;/q-2;+2.